The molecule has 0 spiro atoms. The summed E-state index contributed by atoms with van der Waals surface area (Å²) in [6.07, 6.45) is 4.56. The van der Waals surface area contributed by atoms with E-state index in [1.54, 1.807) is 0 Å². The molecule has 1 atom stereocenters. The Morgan fingerprint density at radius 1 is 1.23 bits per heavy atom. The minimum atomic E-state index is -0.829. The Labute approximate surface area is 180 Å². The van der Waals surface area contributed by atoms with Gasteiger partial charge in [0.1, 0.15) is 12.0 Å². The summed E-state index contributed by atoms with van der Waals surface area (Å²) in [6, 6.07) is 4.85. The number of hydrogen-bond acceptors (Lipinski definition) is 5. The van der Waals surface area contributed by atoms with Gasteiger partial charge in [-0.25, -0.2) is 9.37 Å². The summed E-state index contributed by atoms with van der Waals surface area (Å²) < 4.78 is 13.7. The van der Waals surface area contributed by atoms with Crippen LogP contribution in [0.2, 0.25) is 0 Å². The fourth-order valence-corrected chi connectivity index (χ4v) is 4.71. The number of alkyl halides is 1. The number of fused-ring (bicyclic) bond motifs is 1. The molecule has 166 valence electrons. The summed E-state index contributed by atoms with van der Waals surface area (Å²) in [5.41, 5.74) is 2.28. The highest BCUT2D eigenvalue weighted by molar-refractivity contribution is 5.78. The fourth-order valence-electron chi connectivity index (χ4n) is 4.71. The van der Waals surface area contributed by atoms with Gasteiger partial charge in [0.05, 0.1) is 13.1 Å². The molecule has 2 fully saturated rings. The van der Waals surface area contributed by atoms with Crippen molar-refractivity contribution in [2.75, 3.05) is 57.8 Å². The first kappa shape index (κ1) is 21.5. The smallest absolute Gasteiger partial charge is 0.236 e. The van der Waals surface area contributed by atoms with E-state index in [0.29, 0.717) is 19.5 Å². The van der Waals surface area contributed by atoms with Crippen molar-refractivity contribution in [3.05, 3.63) is 23.4 Å². The number of hydrogen-bond donors (Lipinski definition) is 0. The van der Waals surface area contributed by atoms with Crippen LogP contribution in [0.15, 0.2) is 12.1 Å². The lowest BCUT2D eigenvalue weighted by molar-refractivity contribution is -0.135. The highest BCUT2D eigenvalue weighted by atomic mass is 19.1. The molecular weight excluding hydrogens is 381 g/mol. The molecule has 2 aliphatic heterocycles. The van der Waals surface area contributed by atoms with Crippen molar-refractivity contribution in [3.8, 4) is 0 Å². The second-order valence-corrected chi connectivity index (χ2v) is 9.12. The number of nitrogens with zero attached hydrogens (tertiary/aromatic N) is 5. The van der Waals surface area contributed by atoms with E-state index in [2.05, 4.69) is 15.9 Å². The van der Waals surface area contributed by atoms with E-state index in [1.165, 1.54) is 24.8 Å². The number of piperazine rings is 1. The number of carbonyl (C=O) groups excluding carboxylic acids is 1. The Morgan fingerprint density at radius 2 is 2.00 bits per heavy atom. The molecule has 0 bridgehead atoms. The topological polar surface area (TPSA) is 42.9 Å². The lowest BCUT2D eigenvalue weighted by Crippen LogP contribution is -2.55. The Balaban J connectivity index is 1.27. The minimum absolute atomic E-state index is 0.254. The third-order valence-electron chi connectivity index (χ3n) is 7.04. The number of carbonyl (C=O) groups is 1. The third-order valence-corrected chi connectivity index (χ3v) is 7.04. The van der Waals surface area contributed by atoms with Gasteiger partial charge in [-0.2, -0.15) is 0 Å². The van der Waals surface area contributed by atoms with Gasteiger partial charge in [0.25, 0.3) is 0 Å². The van der Waals surface area contributed by atoms with Crippen molar-refractivity contribution in [2.45, 2.75) is 57.8 Å². The lowest BCUT2D eigenvalue weighted by atomic mass is 9.91. The molecule has 1 saturated carbocycles. The van der Waals surface area contributed by atoms with Crippen molar-refractivity contribution in [1.29, 1.82) is 0 Å². The first-order valence-corrected chi connectivity index (χ1v) is 11.6. The number of halogens is 1. The first-order valence-electron chi connectivity index (χ1n) is 11.6. The third kappa shape index (κ3) is 4.94. The van der Waals surface area contributed by atoms with Crippen LogP contribution in [-0.2, 0) is 17.8 Å². The zero-order valence-corrected chi connectivity index (χ0v) is 18.5. The van der Waals surface area contributed by atoms with Crippen LogP contribution in [0.5, 0.6) is 0 Å². The molecule has 3 heterocycles. The van der Waals surface area contributed by atoms with E-state index < -0.39 is 6.17 Å². The number of rotatable bonds is 7. The number of anilines is 1. The molecule has 1 aromatic heterocycles. The average Bonchev–Trinajstić information content (AvgIpc) is 2.72. The van der Waals surface area contributed by atoms with Crippen LogP contribution >= 0.6 is 0 Å². The average molecular weight is 418 g/mol. The summed E-state index contributed by atoms with van der Waals surface area (Å²) in [5, 5.41) is 0. The molecule has 6 nitrogen and oxygen atoms in total. The van der Waals surface area contributed by atoms with Gasteiger partial charge in [-0.1, -0.05) is 19.4 Å². The van der Waals surface area contributed by atoms with E-state index in [1.807, 2.05) is 29.8 Å². The van der Waals surface area contributed by atoms with Gasteiger partial charge >= 0.3 is 0 Å². The summed E-state index contributed by atoms with van der Waals surface area (Å²) in [7, 11) is 1.90. The van der Waals surface area contributed by atoms with E-state index in [4.69, 9.17) is 4.98 Å². The van der Waals surface area contributed by atoms with E-state index in [-0.39, 0.29) is 5.91 Å². The normalized spacial score (nSPS) is 21.8. The molecule has 0 N–H and O–H groups in total. The lowest BCUT2D eigenvalue weighted by Gasteiger charge is -2.43. The molecule has 0 aromatic carbocycles. The molecule has 1 saturated heterocycles. The van der Waals surface area contributed by atoms with E-state index >= 15 is 0 Å². The molecule has 30 heavy (non-hydrogen) atoms. The fraction of sp³-hybridized carbons (Fsp3) is 0.739. The first-order chi connectivity index (χ1) is 14.5. The van der Waals surface area contributed by atoms with Crippen molar-refractivity contribution in [3.63, 3.8) is 0 Å². The largest absolute Gasteiger partial charge is 0.357 e. The molecule has 3 aliphatic rings. The van der Waals surface area contributed by atoms with Crippen molar-refractivity contribution >= 4 is 11.7 Å². The van der Waals surface area contributed by atoms with Crippen molar-refractivity contribution in [1.82, 2.24) is 19.7 Å². The SMILES string of the molecule is CCC(F)CN(C)c1ccc2c(n1)CCN(CC(=O)N1CCN(C3CCC3)CC1)C2. The number of pyridine rings is 1. The molecule has 1 unspecified atom stereocenters. The highest BCUT2D eigenvalue weighted by Gasteiger charge is 2.30. The Morgan fingerprint density at radius 3 is 2.67 bits per heavy atom. The molecular formula is C23H36FN5O. The highest BCUT2D eigenvalue weighted by Crippen LogP contribution is 2.26. The Hall–Kier alpha value is -1.73. The van der Waals surface area contributed by atoms with Crippen LogP contribution in [0.25, 0.3) is 0 Å². The monoisotopic (exact) mass is 417 g/mol. The minimum Gasteiger partial charge on any atom is -0.357 e. The van der Waals surface area contributed by atoms with Gasteiger partial charge in [-0.15, -0.1) is 0 Å². The van der Waals surface area contributed by atoms with Gasteiger partial charge in [0.2, 0.25) is 5.91 Å². The maximum atomic E-state index is 13.7. The predicted octanol–water partition coefficient (Wildman–Crippen LogP) is 2.32. The quantitative estimate of drug-likeness (QED) is 0.681. The second-order valence-electron chi connectivity index (χ2n) is 9.12. The summed E-state index contributed by atoms with van der Waals surface area (Å²) >= 11 is 0. The van der Waals surface area contributed by atoms with Crippen LogP contribution in [-0.4, -0.2) is 90.7 Å². The van der Waals surface area contributed by atoms with Gasteiger partial charge < -0.3 is 9.80 Å². The molecule has 4 rings (SSSR count). The van der Waals surface area contributed by atoms with Gasteiger partial charge in [0, 0.05) is 64.5 Å². The zero-order chi connectivity index (χ0) is 21.1. The molecule has 1 aliphatic carbocycles. The van der Waals surface area contributed by atoms with Crippen LogP contribution in [0.3, 0.4) is 0 Å². The van der Waals surface area contributed by atoms with Gasteiger partial charge in [-0.05, 0) is 30.9 Å². The summed E-state index contributed by atoms with van der Waals surface area (Å²) in [5.74, 6) is 1.09. The van der Waals surface area contributed by atoms with E-state index in [0.717, 1.165) is 63.2 Å². The Bertz CT molecular complexity index is 732. The summed E-state index contributed by atoms with van der Waals surface area (Å²) in [6.45, 7) is 8.12. The Kier molecular flexibility index (Phi) is 6.88. The van der Waals surface area contributed by atoms with Gasteiger partial charge in [0.15, 0.2) is 0 Å². The molecule has 7 heteroatoms. The zero-order valence-electron chi connectivity index (χ0n) is 18.5. The van der Waals surface area contributed by atoms with Crippen LogP contribution in [0.1, 0.15) is 43.9 Å². The van der Waals surface area contributed by atoms with Crippen LogP contribution < -0.4 is 4.90 Å². The standard InChI is InChI=1S/C23H36FN5O/c1-3-19(24)16-26(2)22-8-7-18-15-27(10-9-21(18)25-22)17-23(30)29-13-11-28(12-14-29)20-5-4-6-20/h7-8,19-20H,3-6,9-17H2,1-2H3. The van der Waals surface area contributed by atoms with Crippen molar-refractivity contribution in [2.24, 2.45) is 0 Å². The van der Waals surface area contributed by atoms with Gasteiger partial charge in [-0.3, -0.25) is 14.6 Å². The maximum absolute atomic E-state index is 13.7. The van der Waals surface area contributed by atoms with Crippen LogP contribution in [0, 0.1) is 0 Å². The van der Waals surface area contributed by atoms with E-state index in [9.17, 15) is 9.18 Å². The second kappa shape index (κ2) is 9.60. The predicted molar refractivity (Wildman–Crippen MR) is 117 cm³/mol. The van der Waals surface area contributed by atoms with Crippen LogP contribution in [0.4, 0.5) is 10.2 Å². The van der Waals surface area contributed by atoms with Crippen molar-refractivity contribution < 1.29 is 9.18 Å². The summed E-state index contributed by atoms with van der Waals surface area (Å²) in [4.78, 5) is 26.3. The molecule has 1 amide bonds. The molecule has 1 aromatic rings. The maximum Gasteiger partial charge on any atom is 0.236 e. The number of amides is 1. The molecule has 0 radical (unpaired) electrons. The number of aromatic nitrogens is 1.